The molecule has 4 nitrogen and oxygen atoms in total. The first-order valence-electron chi connectivity index (χ1n) is 17.9. The summed E-state index contributed by atoms with van der Waals surface area (Å²) in [5.74, 6) is 1.93. The van der Waals surface area contributed by atoms with Crippen molar-refractivity contribution in [2.75, 3.05) is 0 Å². The normalized spacial score (nSPS) is 11.7. The summed E-state index contributed by atoms with van der Waals surface area (Å²) in [6.07, 6.45) is 0. The van der Waals surface area contributed by atoms with E-state index < -0.39 is 0 Å². The van der Waals surface area contributed by atoms with E-state index >= 15 is 0 Å². The lowest BCUT2D eigenvalue weighted by molar-refractivity contribution is 1.07. The third-order valence-electron chi connectivity index (χ3n) is 10.1. The number of benzene rings is 7. The number of rotatable bonds is 5. The summed E-state index contributed by atoms with van der Waals surface area (Å²) >= 11 is 3.71. The number of hydrogen-bond acceptors (Lipinski definition) is 6. The fourth-order valence-electron chi connectivity index (χ4n) is 7.53. The second kappa shape index (κ2) is 12.5. The minimum absolute atomic E-state index is 0.632. The van der Waals surface area contributed by atoms with Gasteiger partial charge in [0.2, 0.25) is 0 Å². The van der Waals surface area contributed by atoms with Crippen molar-refractivity contribution >= 4 is 73.9 Å². The number of thiophene rings is 2. The highest BCUT2D eigenvalue weighted by Crippen LogP contribution is 2.45. The van der Waals surface area contributed by atoms with E-state index in [4.69, 9.17) is 19.9 Å². The Bertz CT molecular complexity index is 3150. The molecule has 11 aromatic rings. The van der Waals surface area contributed by atoms with Gasteiger partial charge in [0.25, 0.3) is 0 Å². The van der Waals surface area contributed by atoms with Crippen molar-refractivity contribution < 1.29 is 0 Å². The van der Waals surface area contributed by atoms with Gasteiger partial charge >= 0.3 is 0 Å². The maximum Gasteiger partial charge on any atom is 0.164 e. The Labute approximate surface area is 318 Å². The molecule has 252 valence electrons. The van der Waals surface area contributed by atoms with E-state index in [2.05, 4.69) is 109 Å². The molecule has 0 atom stereocenters. The van der Waals surface area contributed by atoms with Gasteiger partial charge in [0.15, 0.2) is 17.5 Å². The van der Waals surface area contributed by atoms with Crippen LogP contribution in [0.1, 0.15) is 0 Å². The van der Waals surface area contributed by atoms with Gasteiger partial charge in [-0.2, -0.15) is 0 Å². The maximum atomic E-state index is 5.41. The summed E-state index contributed by atoms with van der Waals surface area (Å²) in [7, 11) is 0. The highest BCUT2D eigenvalue weighted by atomic mass is 32.1. The highest BCUT2D eigenvalue weighted by molar-refractivity contribution is 7.27. The summed E-state index contributed by atoms with van der Waals surface area (Å²) in [6.45, 7) is 0. The largest absolute Gasteiger partial charge is 0.247 e. The molecule has 0 aliphatic rings. The summed E-state index contributed by atoms with van der Waals surface area (Å²) in [5.41, 5.74) is 8.30. The third kappa shape index (κ3) is 5.11. The molecule has 4 heterocycles. The molecule has 0 saturated carbocycles. The smallest absolute Gasteiger partial charge is 0.164 e. The Morgan fingerprint density at radius 1 is 0.333 bits per heavy atom. The molecule has 0 unspecified atom stereocenters. The van der Waals surface area contributed by atoms with Crippen molar-refractivity contribution in [3.05, 3.63) is 170 Å². The molecular weight excluding hydrogens is 697 g/mol. The summed E-state index contributed by atoms with van der Waals surface area (Å²) < 4.78 is 5.14. The zero-order valence-electron chi connectivity index (χ0n) is 28.8. The first-order chi connectivity index (χ1) is 26.7. The van der Waals surface area contributed by atoms with Crippen LogP contribution in [0.5, 0.6) is 0 Å². The van der Waals surface area contributed by atoms with Crippen LogP contribution in [0.15, 0.2) is 170 Å². The second-order valence-corrected chi connectivity index (χ2v) is 15.5. The van der Waals surface area contributed by atoms with Crippen LogP contribution in [0.25, 0.3) is 108 Å². The van der Waals surface area contributed by atoms with Crippen molar-refractivity contribution in [3.8, 4) is 56.5 Å². The molecule has 0 amide bonds. The molecule has 0 saturated heterocycles. The van der Waals surface area contributed by atoms with E-state index in [1.165, 1.54) is 56.9 Å². The van der Waals surface area contributed by atoms with Crippen molar-refractivity contribution in [2.24, 2.45) is 0 Å². The van der Waals surface area contributed by atoms with Crippen molar-refractivity contribution in [1.29, 1.82) is 0 Å². The Hall–Kier alpha value is -6.60. The number of fused-ring (bicyclic) bond motifs is 8. The average Bonchev–Trinajstić information content (AvgIpc) is 3.83. The summed E-state index contributed by atoms with van der Waals surface area (Å²) in [6, 6.07) is 59.5. The Kier molecular flexibility index (Phi) is 7.18. The van der Waals surface area contributed by atoms with Crippen LogP contribution in [-0.2, 0) is 0 Å². The molecule has 54 heavy (non-hydrogen) atoms. The molecule has 4 aromatic heterocycles. The lowest BCUT2D eigenvalue weighted by atomic mass is 9.98. The molecule has 7 aromatic carbocycles. The van der Waals surface area contributed by atoms with Crippen LogP contribution in [0.3, 0.4) is 0 Å². The van der Waals surface area contributed by atoms with Gasteiger partial charge in [-0.15, -0.1) is 22.7 Å². The van der Waals surface area contributed by atoms with Crippen LogP contribution in [-0.4, -0.2) is 19.9 Å². The zero-order chi connectivity index (χ0) is 35.6. The van der Waals surface area contributed by atoms with Crippen LogP contribution in [0.2, 0.25) is 0 Å². The monoisotopic (exact) mass is 724 g/mol. The van der Waals surface area contributed by atoms with Crippen LogP contribution in [0, 0.1) is 0 Å². The van der Waals surface area contributed by atoms with E-state index in [0.29, 0.717) is 17.5 Å². The molecule has 0 radical (unpaired) electrons. The van der Waals surface area contributed by atoms with Gasteiger partial charge in [0.05, 0.1) is 11.2 Å². The van der Waals surface area contributed by atoms with E-state index in [1.54, 1.807) is 0 Å². The molecule has 0 bridgehead atoms. The first kappa shape index (κ1) is 31.0. The molecule has 11 rings (SSSR count). The van der Waals surface area contributed by atoms with E-state index in [-0.39, 0.29) is 0 Å². The molecule has 0 aliphatic heterocycles. The molecule has 0 fully saturated rings. The van der Waals surface area contributed by atoms with Gasteiger partial charge in [0.1, 0.15) is 0 Å². The van der Waals surface area contributed by atoms with Gasteiger partial charge < -0.3 is 0 Å². The van der Waals surface area contributed by atoms with Crippen LogP contribution < -0.4 is 0 Å². The minimum Gasteiger partial charge on any atom is -0.247 e. The number of nitrogens with zero attached hydrogens (tertiary/aromatic N) is 4. The molecule has 0 spiro atoms. The van der Waals surface area contributed by atoms with Crippen molar-refractivity contribution in [1.82, 2.24) is 19.9 Å². The maximum absolute atomic E-state index is 5.41. The number of aromatic nitrogens is 4. The molecule has 0 N–H and O–H groups in total. The van der Waals surface area contributed by atoms with E-state index in [9.17, 15) is 0 Å². The van der Waals surface area contributed by atoms with Gasteiger partial charge in [-0.25, -0.2) is 19.9 Å². The topological polar surface area (TPSA) is 51.6 Å². The predicted octanol–water partition coefficient (Wildman–Crippen LogP) is 13.5. The second-order valence-electron chi connectivity index (χ2n) is 13.4. The van der Waals surface area contributed by atoms with Gasteiger partial charge in [0, 0.05) is 68.0 Å². The van der Waals surface area contributed by atoms with Crippen LogP contribution >= 0.6 is 22.7 Å². The van der Waals surface area contributed by atoms with E-state index in [0.717, 1.165) is 33.5 Å². The number of hydrogen-bond donors (Lipinski definition) is 0. The van der Waals surface area contributed by atoms with E-state index in [1.807, 2.05) is 83.3 Å². The van der Waals surface area contributed by atoms with Crippen molar-refractivity contribution in [2.45, 2.75) is 0 Å². The molecule has 0 aliphatic carbocycles. The predicted molar refractivity (Wildman–Crippen MR) is 228 cm³/mol. The Balaban J connectivity index is 1.06. The van der Waals surface area contributed by atoms with Gasteiger partial charge in [-0.1, -0.05) is 146 Å². The van der Waals surface area contributed by atoms with Crippen molar-refractivity contribution in [3.63, 3.8) is 0 Å². The summed E-state index contributed by atoms with van der Waals surface area (Å²) in [5, 5.41) is 6.20. The lowest BCUT2D eigenvalue weighted by Crippen LogP contribution is -2.00. The standard InChI is InChI=1S/C48H28N4S2/c1-3-12-30(13-4-1)46-50-47(31-14-5-2-6-15-31)52-48(51-46)32-24-22-29(23-25-32)43-42-37-17-8-10-21-41(37)54-45(42)38-28-33(26-27-39(38)49-43)34-18-11-19-36-35-16-7-9-20-40(35)53-44(34)36/h1-28H. The fraction of sp³-hybridized carbons (Fsp3) is 0. The average molecular weight is 725 g/mol. The van der Waals surface area contributed by atoms with Gasteiger partial charge in [-0.3, -0.25) is 0 Å². The third-order valence-corrected chi connectivity index (χ3v) is 12.6. The lowest BCUT2D eigenvalue weighted by Gasteiger charge is -2.11. The van der Waals surface area contributed by atoms with Gasteiger partial charge in [-0.05, 0) is 35.4 Å². The first-order valence-corrected chi connectivity index (χ1v) is 19.5. The Morgan fingerprint density at radius 3 is 1.54 bits per heavy atom. The fourth-order valence-corrected chi connectivity index (χ4v) is 9.99. The quantitative estimate of drug-likeness (QED) is 0.177. The highest BCUT2D eigenvalue weighted by Gasteiger charge is 2.19. The SMILES string of the molecule is c1ccc(-c2nc(-c3ccccc3)nc(-c3ccc(-c4nc5ccc(-c6cccc7c6sc6ccccc67)cc5c5sc6ccccc6c45)cc3)n2)cc1. The minimum atomic E-state index is 0.632. The summed E-state index contributed by atoms with van der Waals surface area (Å²) in [4.78, 5) is 20.2. The van der Waals surface area contributed by atoms with Crippen LogP contribution in [0.4, 0.5) is 0 Å². The molecular formula is C48H28N4S2. The molecule has 6 heteroatoms. The number of pyridine rings is 1. The Morgan fingerprint density at radius 2 is 0.852 bits per heavy atom. The zero-order valence-corrected chi connectivity index (χ0v) is 30.4.